The first-order chi connectivity index (χ1) is 12.1. The van der Waals surface area contributed by atoms with E-state index in [1.165, 1.54) is 5.56 Å². The lowest BCUT2D eigenvalue weighted by Gasteiger charge is -2.23. The molecule has 2 aromatic carbocycles. The van der Waals surface area contributed by atoms with Crippen LogP contribution in [0.1, 0.15) is 21.5 Å². The Labute approximate surface area is 149 Å². The van der Waals surface area contributed by atoms with Crippen LogP contribution in [0, 0.1) is 6.92 Å². The normalized spacial score (nSPS) is 10.4. The highest BCUT2D eigenvalue weighted by Crippen LogP contribution is 2.30. The molecule has 0 heterocycles. The van der Waals surface area contributed by atoms with E-state index in [-0.39, 0.29) is 5.91 Å². The molecule has 0 aliphatic heterocycles. The van der Waals surface area contributed by atoms with Crippen molar-refractivity contribution in [3.05, 3.63) is 59.2 Å². The van der Waals surface area contributed by atoms with Crippen molar-refractivity contribution in [1.82, 2.24) is 4.90 Å². The molecule has 1 amide bonds. The first-order valence-corrected chi connectivity index (χ1v) is 8.36. The number of aryl methyl sites for hydroxylation is 1. The molecule has 0 spiro atoms. The third-order valence-corrected chi connectivity index (χ3v) is 4.16. The first kappa shape index (κ1) is 18.8. The molecule has 0 aliphatic rings. The molecule has 2 rings (SSSR count). The Bertz CT molecular complexity index is 702. The van der Waals surface area contributed by atoms with Gasteiger partial charge < -0.3 is 20.1 Å². The average Bonchev–Trinajstić information content (AvgIpc) is 2.65. The smallest absolute Gasteiger partial charge is 0.254 e. The van der Waals surface area contributed by atoms with Gasteiger partial charge in [0.2, 0.25) is 0 Å². The lowest BCUT2D eigenvalue weighted by molar-refractivity contribution is 0.0761. The zero-order chi connectivity index (χ0) is 18.2. The second-order valence-corrected chi connectivity index (χ2v) is 5.84. The van der Waals surface area contributed by atoms with Crippen LogP contribution >= 0.6 is 0 Å². The van der Waals surface area contributed by atoms with Gasteiger partial charge in [0, 0.05) is 25.2 Å². The molecule has 25 heavy (non-hydrogen) atoms. The summed E-state index contributed by atoms with van der Waals surface area (Å²) in [7, 11) is 3.15. The zero-order valence-corrected chi connectivity index (χ0v) is 15.1. The number of ether oxygens (including phenoxy) is 2. The van der Waals surface area contributed by atoms with Gasteiger partial charge in [0.25, 0.3) is 5.91 Å². The number of carbonyl (C=O) groups is 1. The van der Waals surface area contributed by atoms with Crippen molar-refractivity contribution in [3.8, 4) is 11.5 Å². The molecule has 2 aromatic rings. The molecule has 0 fully saturated rings. The summed E-state index contributed by atoms with van der Waals surface area (Å²) >= 11 is 0. The molecule has 0 saturated heterocycles. The molecule has 0 bridgehead atoms. The van der Waals surface area contributed by atoms with E-state index < -0.39 is 0 Å². The molecule has 0 aromatic heterocycles. The summed E-state index contributed by atoms with van der Waals surface area (Å²) in [5.41, 5.74) is 8.37. The Morgan fingerprint density at radius 3 is 2.28 bits per heavy atom. The fourth-order valence-corrected chi connectivity index (χ4v) is 2.76. The molecule has 0 aliphatic carbocycles. The number of carbonyl (C=O) groups excluding carboxylic acids is 1. The van der Waals surface area contributed by atoms with Crippen LogP contribution < -0.4 is 15.2 Å². The summed E-state index contributed by atoms with van der Waals surface area (Å²) in [4.78, 5) is 14.8. The number of nitrogens with zero attached hydrogens (tertiary/aromatic N) is 1. The van der Waals surface area contributed by atoms with Crippen molar-refractivity contribution < 1.29 is 14.3 Å². The van der Waals surface area contributed by atoms with Crippen molar-refractivity contribution >= 4 is 5.91 Å². The number of nitrogens with two attached hydrogens (primary N) is 1. The lowest BCUT2D eigenvalue weighted by atomic mass is 10.1. The van der Waals surface area contributed by atoms with E-state index in [1.54, 1.807) is 25.2 Å². The molecule has 134 valence electrons. The van der Waals surface area contributed by atoms with Crippen LogP contribution in [-0.4, -0.2) is 44.7 Å². The van der Waals surface area contributed by atoms with Crippen LogP contribution in [0.3, 0.4) is 0 Å². The Hall–Kier alpha value is -2.53. The topological polar surface area (TPSA) is 64.8 Å². The predicted octanol–water partition coefficient (Wildman–Crippen LogP) is 2.66. The summed E-state index contributed by atoms with van der Waals surface area (Å²) in [5, 5.41) is 0. The van der Waals surface area contributed by atoms with Crippen molar-refractivity contribution in [3.63, 3.8) is 0 Å². The van der Waals surface area contributed by atoms with Crippen LogP contribution in [0.15, 0.2) is 42.5 Å². The molecule has 5 nitrogen and oxygen atoms in total. The van der Waals surface area contributed by atoms with Crippen molar-refractivity contribution in [2.45, 2.75) is 13.3 Å². The highest BCUT2D eigenvalue weighted by molar-refractivity contribution is 5.96. The second kappa shape index (κ2) is 9.08. The summed E-state index contributed by atoms with van der Waals surface area (Å²) in [6.45, 7) is 3.45. The molecule has 0 unspecified atom stereocenters. The van der Waals surface area contributed by atoms with Gasteiger partial charge in [0.1, 0.15) is 0 Å². The van der Waals surface area contributed by atoms with E-state index in [2.05, 4.69) is 12.1 Å². The van der Waals surface area contributed by atoms with Gasteiger partial charge >= 0.3 is 0 Å². The van der Waals surface area contributed by atoms with Gasteiger partial charge in [-0.05, 0) is 36.6 Å². The van der Waals surface area contributed by atoms with Crippen LogP contribution in [-0.2, 0) is 6.42 Å². The van der Waals surface area contributed by atoms with Crippen LogP contribution in [0.5, 0.6) is 11.5 Å². The standard InChI is InChI=1S/C20H26N2O3/c1-15-13-18(24-2)19(25-3)14-17(15)20(23)22(12-10-21)11-9-16-7-5-4-6-8-16/h4-8,13-14H,9-12,21H2,1-3H3. The molecule has 0 radical (unpaired) electrons. The predicted molar refractivity (Wildman–Crippen MR) is 99.4 cm³/mol. The van der Waals surface area contributed by atoms with E-state index in [0.29, 0.717) is 36.7 Å². The Kier molecular flexibility index (Phi) is 6.83. The Morgan fingerprint density at radius 1 is 1.04 bits per heavy atom. The van der Waals surface area contributed by atoms with E-state index in [9.17, 15) is 4.79 Å². The van der Waals surface area contributed by atoms with Gasteiger partial charge in [-0.3, -0.25) is 4.79 Å². The van der Waals surface area contributed by atoms with Gasteiger partial charge in [0.05, 0.1) is 14.2 Å². The monoisotopic (exact) mass is 342 g/mol. The Balaban J connectivity index is 2.21. The molecule has 2 N–H and O–H groups in total. The maximum absolute atomic E-state index is 13.0. The average molecular weight is 342 g/mol. The van der Waals surface area contributed by atoms with Gasteiger partial charge in [-0.15, -0.1) is 0 Å². The van der Waals surface area contributed by atoms with E-state index >= 15 is 0 Å². The van der Waals surface area contributed by atoms with E-state index in [4.69, 9.17) is 15.2 Å². The minimum absolute atomic E-state index is 0.0418. The number of methoxy groups -OCH3 is 2. The van der Waals surface area contributed by atoms with Crippen LogP contribution in [0.25, 0.3) is 0 Å². The number of rotatable bonds is 8. The highest BCUT2D eigenvalue weighted by Gasteiger charge is 2.20. The van der Waals surface area contributed by atoms with Crippen molar-refractivity contribution in [2.24, 2.45) is 5.73 Å². The maximum Gasteiger partial charge on any atom is 0.254 e. The molecule has 0 saturated carbocycles. The Morgan fingerprint density at radius 2 is 1.68 bits per heavy atom. The molecular weight excluding hydrogens is 316 g/mol. The molecule has 5 heteroatoms. The van der Waals surface area contributed by atoms with Gasteiger partial charge in [-0.25, -0.2) is 0 Å². The van der Waals surface area contributed by atoms with Crippen LogP contribution in [0.2, 0.25) is 0 Å². The SMILES string of the molecule is COc1cc(C)c(C(=O)N(CCN)CCc2ccccc2)cc1OC. The summed E-state index contributed by atoms with van der Waals surface area (Å²) < 4.78 is 10.6. The largest absolute Gasteiger partial charge is 0.493 e. The number of hydrogen-bond acceptors (Lipinski definition) is 4. The maximum atomic E-state index is 13.0. The summed E-state index contributed by atoms with van der Waals surface area (Å²) in [6.07, 6.45) is 0.791. The lowest BCUT2D eigenvalue weighted by Crippen LogP contribution is -2.37. The van der Waals surface area contributed by atoms with Crippen molar-refractivity contribution in [2.75, 3.05) is 33.9 Å². The van der Waals surface area contributed by atoms with Crippen LogP contribution in [0.4, 0.5) is 0 Å². The quantitative estimate of drug-likeness (QED) is 0.801. The van der Waals surface area contributed by atoms with Gasteiger partial charge in [-0.1, -0.05) is 30.3 Å². The fourth-order valence-electron chi connectivity index (χ4n) is 2.76. The number of hydrogen-bond donors (Lipinski definition) is 1. The zero-order valence-electron chi connectivity index (χ0n) is 15.1. The third-order valence-electron chi connectivity index (χ3n) is 4.16. The third kappa shape index (κ3) is 4.73. The minimum atomic E-state index is -0.0418. The number of benzene rings is 2. The molecule has 0 atom stereocenters. The first-order valence-electron chi connectivity index (χ1n) is 8.36. The van der Waals surface area contributed by atoms with Gasteiger partial charge in [0.15, 0.2) is 11.5 Å². The molecular formula is C20H26N2O3. The minimum Gasteiger partial charge on any atom is -0.493 e. The fraction of sp³-hybridized carbons (Fsp3) is 0.350. The second-order valence-electron chi connectivity index (χ2n) is 5.84. The summed E-state index contributed by atoms with van der Waals surface area (Å²) in [5.74, 6) is 1.12. The van der Waals surface area contributed by atoms with E-state index in [1.807, 2.05) is 31.2 Å². The van der Waals surface area contributed by atoms with Gasteiger partial charge in [-0.2, -0.15) is 0 Å². The highest BCUT2D eigenvalue weighted by atomic mass is 16.5. The summed E-state index contributed by atoms with van der Waals surface area (Å²) in [6, 6.07) is 13.7. The van der Waals surface area contributed by atoms with Crippen molar-refractivity contribution in [1.29, 1.82) is 0 Å². The van der Waals surface area contributed by atoms with E-state index in [0.717, 1.165) is 12.0 Å². The number of amides is 1.